The highest BCUT2D eigenvalue weighted by Crippen LogP contribution is 2.20. The third-order valence-electron chi connectivity index (χ3n) is 4.61. The molecule has 0 aliphatic carbocycles. The molecule has 1 aromatic rings. The number of nitrogens with one attached hydrogen (secondary N) is 2. The molecule has 1 unspecified atom stereocenters. The molecule has 3 rings (SSSR count). The lowest BCUT2D eigenvalue weighted by Gasteiger charge is -2.31. The van der Waals surface area contributed by atoms with Crippen molar-refractivity contribution in [1.29, 1.82) is 0 Å². The number of carbonyl (C=O) groups is 2. The number of nitrogens with zero attached hydrogens (tertiary/aromatic N) is 1. The van der Waals surface area contributed by atoms with E-state index in [0.29, 0.717) is 17.2 Å². The third-order valence-corrected chi connectivity index (χ3v) is 5.55. The molecule has 2 aliphatic rings. The largest absolute Gasteiger partial charge is 0.337 e. The maximum atomic E-state index is 12.5. The summed E-state index contributed by atoms with van der Waals surface area (Å²) < 4.78 is 0. The van der Waals surface area contributed by atoms with E-state index in [1.165, 1.54) is 0 Å². The standard InChI is InChI=1S/C17H23N3O2S/c1-12(14-10-18-11-14)16(21)19-15-4-2-3-13(9-15)17(22)20-5-7-23-8-6-20/h2-4,9,12,14,18H,5-8,10-11H2,1H3,(H,19,21). The monoisotopic (exact) mass is 333 g/mol. The van der Waals surface area contributed by atoms with Gasteiger partial charge in [0.05, 0.1) is 0 Å². The van der Waals surface area contributed by atoms with Crippen LogP contribution in [0.3, 0.4) is 0 Å². The number of amides is 2. The summed E-state index contributed by atoms with van der Waals surface area (Å²) in [4.78, 5) is 26.7. The minimum absolute atomic E-state index is 0.0188. The second-order valence-electron chi connectivity index (χ2n) is 6.18. The molecule has 2 amide bonds. The number of hydrogen-bond acceptors (Lipinski definition) is 4. The number of thioether (sulfide) groups is 1. The van der Waals surface area contributed by atoms with Gasteiger partial charge < -0.3 is 15.5 Å². The molecule has 2 N–H and O–H groups in total. The Kier molecular flexibility index (Phi) is 5.23. The average Bonchev–Trinajstić information content (AvgIpc) is 2.53. The van der Waals surface area contributed by atoms with Gasteiger partial charge in [0, 0.05) is 41.8 Å². The van der Waals surface area contributed by atoms with Crippen LogP contribution in [0.1, 0.15) is 17.3 Å². The van der Waals surface area contributed by atoms with E-state index in [4.69, 9.17) is 0 Å². The molecular formula is C17H23N3O2S. The topological polar surface area (TPSA) is 61.4 Å². The zero-order valence-electron chi connectivity index (χ0n) is 13.4. The third kappa shape index (κ3) is 3.87. The minimum Gasteiger partial charge on any atom is -0.337 e. The van der Waals surface area contributed by atoms with E-state index in [-0.39, 0.29) is 17.7 Å². The van der Waals surface area contributed by atoms with Crippen molar-refractivity contribution in [2.75, 3.05) is 43.0 Å². The predicted molar refractivity (Wildman–Crippen MR) is 93.8 cm³/mol. The summed E-state index contributed by atoms with van der Waals surface area (Å²) in [5.74, 6) is 2.46. The number of benzene rings is 1. The molecule has 6 heteroatoms. The van der Waals surface area contributed by atoms with Gasteiger partial charge in [0.25, 0.3) is 5.91 Å². The predicted octanol–water partition coefficient (Wildman–Crippen LogP) is 1.67. The second-order valence-corrected chi connectivity index (χ2v) is 7.41. The molecule has 124 valence electrons. The Hall–Kier alpha value is -1.53. The molecule has 2 fully saturated rings. The molecule has 2 aliphatic heterocycles. The molecule has 0 radical (unpaired) electrons. The van der Waals surface area contributed by atoms with E-state index in [9.17, 15) is 9.59 Å². The zero-order valence-corrected chi connectivity index (χ0v) is 14.2. The fourth-order valence-corrected chi connectivity index (χ4v) is 3.72. The van der Waals surface area contributed by atoms with Crippen molar-refractivity contribution in [1.82, 2.24) is 10.2 Å². The van der Waals surface area contributed by atoms with Crippen molar-refractivity contribution in [3.8, 4) is 0 Å². The lowest BCUT2D eigenvalue weighted by Crippen LogP contribution is -2.48. The summed E-state index contributed by atoms with van der Waals surface area (Å²) in [7, 11) is 0. The molecule has 1 atom stereocenters. The van der Waals surface area contributed by atoms with Crippen LogP contribution in [-0.4, -0.2) is 54.4 Å². The SMILES string of the molecule is CC(C(=O)Nc1cccc(C(=O)N2CCSCC2)c1)C1CNC1. The van der Waals surface area contributed by atoms with E-state index >= 15 is 0 Å². The van der Waals surface area contributed by atoms with E-state index in [0.717, 1.165) is 37.7 Å². The highest BCUT2D eigenvalue weighted by molar-refractivity contribution is 7.99. The maximum absolute atomic E-state index is 12.5. The van der Waals surface area contributed by atoms with Crippen molar-refractivity contribution in [3.63, 3.8) is 0 Å². The lowest BCUT2D eigenvalue weighted by molar-refractivity contribution is -0.121. The highest BCUT2D eigenvalue weighted by atomic mass is 32.2. The Morgan fingerprint density at radius 2 is 2.04 bits per heavy atom. The van der Waals surface area contributed by atoms with Crippen LogP contribution < -0.4 is 10.6 Å². The molecule has 0 saturated carbocycles. The smallest absolute Gasteiger partial charge is 0.253 e. The quantitative estimate of drug-likeness (QED) is 0.880. The van der Waals surface area contributed by atoms with E-state index in [2.05, 4.69) is 10.6 Å². The first-order chi connectivity index (χ1) is 11.1. The molecule has 1 aromatic carbocycles. The molecule has 5 nitrogen and oxygen atoms in total. The summed E-state index contributed by atoms with van der Waals surface area (Å²) in [6, 6.07) is 7.27. The molecule has 0 spiro atoms. The van der Waals surface area contributed by atoms with Gasteiger partial charge in [0.2, 0.25) is 5.91 Å². The number of hydrogen-bond donors (Lipinski definition) is 2. The summed E-state index contributed by atoms with van der Waals surface area (Å²) >= 11 is 1.88. The maximum Gasteiger partial charge on any atom is 0.253 e. The van der Waals surface area contributed by atoms with Crippen molar-refractivity contribution in [3.05, 3.63) is 29.8 Å². The minimum atomic E-state index is -0.0188. The fraction of sp³-hybridized carbons (Fsp3) is 0.529. The summed E-state index contributed by atoms with van der Waals surface area (Å²) in [5.41, 5.74) is 1.35. The fourth-order valence-electron chi connectivity index (χ4n) is 2.81. The normalized spacial score (nSPS) is 19.8. The van der Waals surface area contributed by atoms with Gasteiger partial charge in [-0.2, -0.15) is 11.8 Å². The van der Waals surface area contributed by atoms with Gasteiger partial charge in [-0.1, -0.05) is 13.0 Å². The van der Waals surface area contributed by atoms with Crippen LogP contribution in [0, 0.1) is 11.8 Å². The summed E-state index contributed by atoms with van der Waals surface area (Å²) in [6.45, 7) is 5.36. The van der Waals surface area contributed by atoms with Crippen LogP contribution in [-0.2, 0) is 4.79 Å². The Bertz CT molecular complexity index is 583. The Labute approximate surface area is 141 Å². The molecular weight excluding hydrogens is 310 g/mol. The van der Waals surface area contributed by atoms with Gasteiger partial charge in [0.15, 0.2) is 0 Å². The van der Waals surface area contributed by atoms with Crippen molar-refractivity contribution >= 4 is 29.3 Å². The number of anilines is 1. The van der Waals surface area contributed by atoms with Gasteiger partial charge in [-0.15, -0.1) is 0 Å². The number of carbonyl (C=O) groups excluding carboxylic acids is 2. The van der Waals surface area contributed by atoms with Gasteiger partial charge in [0.1, 0.15) is 0 Å². The summed E-state index contributed by atoms with van der Waals surface area (Å²) in [5, 5.41) is 6.14. The van der Waals surface area contributed by atoms with Crippen molar-refractivity contribution in [2.24, 2.45) is 11.8 Å². The zero-order chi connectivity index (χ0) is 16.2. The van der Waals surface area contributed by atoms with Gasteiger partial charge >= 0.3 is 0 Å². The van der Waals surface area contributed by atoms with Crippen LogP contribution >= 0.6 is 11.8 Å². The first-order valence-electron chi connectivity index (χ1n) is 8.14. The van der Waals surface area contributed by atoms with E-state index < -0.39 is 0 Å². The van der Waals surface area contributed by atoms with Crippen LogP contribution in [0.5, 0.6) is 0 Å². The summed E-state index contributed by atoms with van der Waals surface area (Å²) in [6.07, 6.45) is 0. The molecule has 2 saturated heterocycles. The lowest BCUT2D eigenvalue weighted by atomic mass is 9.88. The van der Waals surface area contributed by atoms with Crippen LogP contribution in [0.25, 0.3) is 0 Å². The van der Waals surface area contributed by atoms with Crippen LogP contribution in [0.2, 0.25) is 0 Å². The molecule has 2 heterocycles. The Balaban J connectivity index is 1.64. The van der Waals surface area contributed by atoms with Crippen molar-refractivity contribution in [2.45, 2.75) is 6.92 Å². The molecule has 0 bridgehead atoms. The van der Waals surface area contributed by atoms with Crippen molar-refractivity contribution < 1.29 is 9.59 Å². The van der Waals surface area contributed by atoms with E-state index in [1.54, 1.807) is 6.07 Å². The van der Waals surface area contributed by atoms with Gasteiger partial charge in [-0.25, -0.2) is 0 Å². The van der Waals surface area contributed by atoms with Crippen LogP contribution in [0.15, 0.2) is 24.3 Å². The first kappa shape index (κ1) is 16.3. The van der Waals surface area contributed by atoms with Crippen LogP contribution in [0.4, 0.5) is 5.69 Å². The van der Waals surface area contributed by atoms with Gasteiger partial charge in [-0.3, -0.25) is 9.59 Å². The average molecular weight is 333 g/mol. The van der Waals surface area contributed by atoms with E-state index in [1.807, 2.05) is 41.8 Å². The first-order valence-corrected chi connectivity index (χ1v) is 9.29. The molecule has 23 heavy (non-hydrogen) atoms. The molecule has 0 aromatic heterocycles. The highest BCUT2D eigenvalue weighted by Gasteiger charge is 2.28. The Morgan fingerprint density at radius 3 is 2.70 bits per heavy atom. The van der Waals surface area contributed by atoms with Gasteiger partial charge in [-0.05, 0) is 37.2 Å². The second kappa shape index (κ2) is 7.36. The Morgan fingerprint density at radius 1 is 1.30 bits per heavy atom. The number of rotatable bonds is 4.